The van der Waals surface area contributed by atoms with Crippen molar-refractivity contribution >= 4 is 5.91 Å². The minimum Gasteiger partial charge on any atom is -0.496 e. The second-order valence-corrected chi connectivity index (χ2v) is 8.17. The number of carbonyl (C=O) groups excluding carboxylic acids is 1. The largest absolute Gasteiger partial charge is 0.496 e. The molecule has 1 fully saturated rings. The van der Waals surface area contributed by atoms with E-state index < -0.39 is 12.0 Å². The number of hydrogen-bond acceptors (Lipinski definition) is 6. The number of hydrogen-bond donors (Lipinski definition) is 1. The average molecular weight is 474 g/mol. The fourth-order valence-corrected chi connectivity index (χ4v) is 4.33. The smallest absolute Gasteiger partial charge is 0.453 e. The highest BCUT2D eigenvalue weighted by atomic mass is 19.4. The molecule has 1 aromatic heterocycles. The maximum atomic E-state index is 13.3. The van der Waals surface area contributed by atoms with Crippen LogP contribution in [0, 0.1) is 0 Å². The Labute approximate surface area is 194 Å². The van der Waals surface area contributed by atoms with Gasteiger partial charge in [0.05, 0.1) is 12.8 Å². The molecule has 0 aliphatic carbocycles. The van der Waals surface area contributed by atoms with E-state index in [0.717, 1.165) is 12.0 Å². The lowest BCUT2D eigenvalue weighted by Crippen LogP contribution is -2.49. The number of amides is 1. The summed E-state index contributed by atoms with van der Waals surface area (Å²) in [7, 11) is 1.51. The Kier molecular flexibility index (Phi) is 6.82. The van der Waals surface area contributed by atoms with Gasteiger partial charge in [-0.05, 0) is 40.6 Å². The summed E-state index contributed by atoms with van der Waals surface area (Å²) in [6, 6.07) is 14.7. The van der Waals surface area contributed by atoms with Gasteiger partial charge in [-0.1, -0.05) is 30.3 Å². The van der Waals surface area contributed by atoms with Crippen molar-refractivity contribution in [3.05, 3.63) is 65.5 Å². The molecule has 0 saturated carbocycles. The van der Waals surface area contributed by atoms with E-state index in [1.54, 1.807) is 19.1 Å². The summed E-state index contributed by atoms with van der Waals surface area (Å²) in [5, 5.41) is 13.4. The topological polar surface area (TPSA) is 85.2 Å². The lowest BCUT2D eigenvalue weighted by atomic mass is 9.85. The van der Waals surface area contributed by atoms with Crippen molar-refractivity contribution in [3.63, 3.8) is 0 Å². The molecular formula is C23H25F3N6O2. The van der Waals surface area contributed by atoms with Crippen LogP contribution in [0.3, 0.4) is 0 Å². The van der Waals surface area contributed by atoms with Gasteiger partial charge in [0.15, 0.2) is 0 Å². The lowest BCUT2D eigenvalue weighted by Gasteiger charge is -2.39. The molecule has 1 aliphatic rings. The van der Waals surface area contributed by atoms with Crippen molar-refractivity contribution in [1.29, 1.82) is 0 Å². The van der Waals surface area contributed by atoms with E-state index in [9.17, 15) is 18.0 Å². The second-order valence-electron chi connectivity index (χ2n) is 8.17. The van der Waals surface area contributed by atoms with Crippen LogP contribution in [0.15, 0.2) is 48.5 Å². The zero-order chi connectivity index (χ0) is 24.3. The molecule has 3 aromatic rings. The number of likely N-dealkylation sites (tertiary alicyclic amines) is 1. The molecule has 180 valence electrons. The van der Waals surface area contributed by atoms with Crippen LogP contribution in [0.1, 0.15) is 36.2 Å². The standard InChI is InChI=1S/C23H25F3N6O2/c1-15(33)31-11-10-20(19(14-31)16-6-4-3-5-7-16)27-13-17-12-18(8-9-21(17)34-2)32-22(23(24,25)26)28-29-30-32/h3-9,12,19-20,27H,10-11,13-14H2,1-2H3/t19-,20-/m1/s1. The van der Waals surface area contributed by atoms with Crippen LogP contribution in [-0.2, 0) is 17.5 Å². The number of methoxy groups -OCH3 is 1. The van der Waals surface area contributed by atoms with E-state index in [2.05, 4.69) is 20.8 Å². The molecule has 2 heterocycles. The van der Waals surface area contributed by atoms with Gasteiger partial charge in [0.1, 0.15) is 5.75 Å². The third-order valence-electron chi connectivity index (χ3n) is 6.07. The van der Waals surface area contributed by atoms with Crippen LogP contribution in [0.25, 0.3) is 5.69 Å². The number of piperidine rings is 1. The van der Waals surface area contributed by atoms with Gasteiger partial charge >= 0.3 is 6.18 Å². The van der Waals surface area contributed by atoms with E-state index >= 15 is 0 Å². The fraction of sp³-hybridized carbons (Fsp3) is 0.391. The molecule has 1 N–H and O–H groups in total. The first kappa shape index (κ1) is 23.7. The van der Waals surface area contributed by atoms with Gasteiger partial charge in [-0.3, -0.25) is 4.79 Å². The van der Waals surface area contributed by atoms with Crippen molar-refractivity contribution in [1.82, 2.24) is 30.4 Å². The Bertz CT molecular complexity index is 1140. The number of halogens is 3. The molecule has 11 heteroatoms. The zero-order valence-electron chi connectivity index (χ0n) is 18.8. The fourth-order valence-electron chi connectivity index (χ4n) is 4.33. The first-order valence-electron chi connectivity index (χ1n) is 10.8. The monoisotopic (exact) mass is 474 g/mol. The van der Waals surface area contributed by atoms with Crippen molar-refractivity contribution in [2.45, 2.75) is 38.0 Å². The second kappa shape index (κ2) is 9.80. The third kappa shape index (κ3) is 5.04. The Morgan fingerprint density at radius 3 is 2.65 bits per heavy atom. The summed E-state index contributed by atoms with van der Waals surface area (Å²) < 4.78 is 45.9. The zero-order valence-corrected chi connectivity index (χ0v) is 18.8. The summed E-state index contributed by atoms with van der Waals surface area (Å²) in [6.07, 6.45) is -3.94. The van der Waals surface area contributed by atoms with Crippen LogP contribution < -0.4 is 10.1 Å². The normalized spacial score (nSPS) is 18.7. The maximum absolute atomic E-state index is 13.3. The predicted octanol–water partition coefficient (Wildman–Crippen LogP) is 3.18. The first-order chi connectivity index (χ1) is 16.3. The number of benzene rings is 2. The van der Waals surface area contributed by atoms with Crippen LogP contribution >= 0.6 is 0 Å². The average Bonchev–Trinajstić information content (AvgIpc) is 3.34. The molecule has 0 bridgehead atoms. The molecule has 1 amide bonds. The number of carbonyl (C=O) groups is 1. The summed E-state index contributed by atoms with van der Waals surface area (Å²) in [4.78, 5) is 13.8. The molecule has 1 aliphatic heterocycles. The van der Waals surface area contributed by atoms with Gasteiger partial charge in [0, 0.05) is 44.1 Å². The number of tetrazole rings is 1. The molecule has 2 aromatic carbocycles. The van der Waals surface area contributed by atoms with Gasteiger partial charge in [0.2, 0.25) is 5.91 Å². The highest BCUT2D eigenvalue weighted by molar-refractivity contribution is 5.73. The van der Waals surface area contributed by atoms with Crippen molar-refractivity contribution in [3.8, 4) is 11.4 Å². The van der Waals surface area contributed by atoms with E-state index in [1.807, 2.05) is 35.2 Å². The molecule has 1 saturated heterocycles. The first-order valence-corrected chi connectivity index (χ1v) is 10.8. The summed E-state index contributed by atoms with van der Waals surface area (Å²) >= 11 is 0. The van der Waals surface area contributed by atoms with E-state index in [0.29, 0.717) is 35.6 Å². The molecule has 8 nitrogen and oxygen atoms in total. The van der Waals surface area contributed by atoms with Crippen molar-refractivity contribution < 1.29 is 22.7 Å². The van der Waals surface area contributed by atoms with Gasteiger partial charge in [-0.2, -0.15) is 17.9 Å². The number of rotatable bonds is 6. The Morgan fingerprint density at radius 1 is 1.21 bits per heavy atom. The Balaban J connectivity index is 1.58. The van der Waals surface area contributed by atoms with Gasteiger partial charge in [-0.15, -0.1) is 5.10 Å². The number of nitrogens with zero attached hydrogens (tertiary/aromatic N) is 5. The molecule has 0 spiro atoms. The highest BCUT2D eigenvalue weighted by Gasteiger charge is 2.38. The van der Waals surface area contributed by atoms with Crippen LogP contribution in [0.5, 0.6) is 5.75 Å². The van der Waals surface area contributed by atoms with E-state index in [1.165, 1.54) is 13.2 Å². The van der Waals surface area contributed by atoms with E-state index in [-0.39, 0.29) is 23.6 Å². The molecular weight excluding hydrogens is 449 g/mol. The summed E-state index contributed by atoms with van der Waals surface area (Å²) in [5.41, 5.74) is 1.97. The summed E-state index contributed by atoms with van der Waals surface area (Å²) in [6.45, 7) is 3.15. The van der Waals surface area contributed by atoms with Crippen LogP contribution in [0.2, 0.25) is 0 Å². The van der Waals surface area contributed by atoms with Gasteiger partial charge in [-0.25, -0.2) is 0 Å². The van der Waals surface area contributed by atoms with Crippen molar-refractivity contribution in [2.75, 3.05) is 20.2 Å². The minimum atomic E-state index is -4.69. The van der Waals surface area contributed by atoms with Gasteiger partial charge in [0.25, 0.3) is 5.82 Å². The van der Waals surface area contributed by atoms with Crippen LogP contribution in [-0.4, -0.2) is 57.3 Å². The number of nitrogens with one attached hydrogen (secondary N) is 1. The minimum absolute atomic E-state index is 0.0376. The van der Waals surface area contributed by atoms with E-state index in [4.69, 9.17) is 4.74 Å². The Hall–Kier alpha value is -3.47. The van der Waals surface area contributed by atoms with Crippen LogP contribution in [0.4, 0.5) is 13.2 Å². The molecule has 4 rings (SSSR count). The maximum Gasteiger partial charge on any atom is 0.453 e. The lowest BCUT2D eigenvalue weighted by molar-refractivity contribution is -0.146. The Morgan fingerprint density at radius 2 is 1.97 bits per heavy atom. The van der Waals surface area contributed by atoms with Crippen molar-refractivity contribution in [2.24, 2.45) is 0 Å². The quantitative estimate of drug-likeness (QED) is 0.591. The SMILES string of the molecule is COc1ccc(-n2nnnc2C(F)(F)F)cc1CN[C@@H]1CCN(C(C)=O)C[C@@H]1c1ccccc1. The van der Waals surface area contributed by atoms with Gasteiger partial charge < -0.3 is 15.0 Å². The molecule has 2 atom stereocenters. The third-order valence-corrected chi connectivity index (χ3v) is 6.07. The number of alkyl halides is 3. The molecule has 0 radical (unpaired) electrons. The molecule has 0 unspecified atom stereocenters. The number of aromatic nitrogens is 4. The summed E-state index contributed by atoms with van der Waals surface area (Å²) in [5.74, 6) is -0.548. The molecule has 34 heavy (non-hydrogen) atoms. The number of ether oxygens (including phenoxy) is 1. The predicted molar refractivity (Wildman–Crippen MR) is 117 cm³/mol. The highest BCUT2D eigenvalue weighted by Crippen LogP contribution is 2.31.